The molecule has 0 spiro atoms. The monoisotopic (exact) mass is 370 g/mol. The molecule has 0 aliphatic heterocycles. The molecular weight excluding hydrogens is 356 g/mol. The average molecular weight is 370 g/mol. The van der Waals surface area contributed by atoms with Crippen LogP contribution in [0.4, 0.5) is 5.69 Å². The van der Waals surface area contributed by atoms with Gasteiger partial charge >= 0.3 is 0 Å². The number of nitro benzene ring substituents is 1. The second kappa shape index (κ2) is 6.96. The summed E-state index contributed by atoms with van der Waals surface area (Å²) in [7, 11) is 0. The molecular formula is C17H14N4O4S. The second-order valence-corrected chi connectivity index (χ2v) is 6.57. The second-order valence-electron chi connectivity index (χ2n) is 5.58. The normalized spacial score (nSPS) is 10.7. The first kappa shape index (κ1) is 17.6. The topological polar surface area (TPSA) is 125 Å². The van der Waals surface area contributed by atoms with Crippen molar-refractivity contribution in [1.29, 1.82) is 0 Å². The minimum atomic E-state index is -0.737. The zero-order valence-corrected chi connectivity index (χ0v) is 14.7. The Morgan fingerprint density at radius 1 is 1.15 bits per heavy atom. The number of benzene rings is 2. The molecule has 0 radical (unpaired) electrons. The number of carbonyl (C=O) groups is 1. The Labute approximate surface area is 152 Å². The van der Waals surface area contributed by atoms with Gasteiger partial charge in [0.15, 0.2) is 0 Å². The molecule has 0 bridgehead atoms. The molecule has 2 aromatic carbocycles. The zero-order chi connectivity index (χ0) is 18.8. The van der Waals surface area contributed by atoms with Gasteiger partial charge in [-0.15, -0.1) is 10.2 Å². The number of aromatic nitrogens is 2. The minimum Gasteiger partial charge on any atom is -0.411 e. The van der Waals surface area contributed by atoms with Gasteiger partial charge in [-0.3, -0.25) is 14.9 Å². The Morgan fingerprint density at radius 2 is 1.92 bits per heavy atom. The van der Waals surface area contributed by atoms with E-state index in [0.717, 1.165) is 34.5 Å². The summed E-state index contributed by atoms with van der Waals surface area (Å²) in [5.41, 5.74) is 7.98. The van der Waals surface area contributed by atoms with Crippen LogP contribution in [0.2, 0.25) is 0 Å². The highest BCUT2D eigenvalue weighted by molar-refractivity contribution is 7.99. The van der Waals surface area contributed by atoms with Gasteiger partial charge < -0.3 is 10.2 Å². The number of rotatable bonds is 5. The van der Waals surface area contributed by atoms with Gasteiger partial charge in [0.05, 0.1) is 9.82 Å². The van der Waals surface area contributed by atoms with E-state index in [0.29, 0.717) is 5.89 Å². The van der Waals surface area contributed by atoms with Crippen molar-refractivity contribution in [2.24, 2.45) is 5.73 Å². The zero-order valence-electron chi connectivity index (χ0n) is 13.9. The number of nitrogens with two attached hydrogens (primary N) is 1. The molecule has 0 unspecified atom stereocenters. The standard InChI is InChI=1S/C17H14N4O4S/c1-9-3-4-12(7-10(9)2)16-19-20-17(25-16)26-14-6-5-11(15(18)22)8-13(14)21(23)24/h3-8H,1-2H3,(H2,18,22). The van der Waals surface area contributed by atoms with Gasteiger partial charge in [-0.2, -0.15) is 0 Å². The van der Waals surface area contributed by atoms with Crippen LogP contribution in [0.25, 0.3) is 11.5 Å². The van der Waals surface area contributed by atoms with Crippen LogP contribution < -0.4 is 5.73 Å². The number of aryl methyl sites for hydroxylation is 2. The molecule has 3 rings (SSSR count). The van der Waals surface area contributed by atoms with E-state index in [1.807, 2.05) is 32.0 Å². The Hall–Kier alpha value is -3.20. The van der Waals surface area contributed by atoms with E-state index >= 15 is 0 Å². The predicted octanol–water partition coefficient (Wildman–Crippen LogP) is 3.51. The van der Waals surface area contributed by atoms with Gasteiger partial charge in [-0.25, -0.2) is 0 Å². The van der Waals surface area contributed by atoms with Gasteiger partial charge in [-0.05, 0) is 61.0 Å². The first-order valence-corrected chi connectivity index (χ1v) is 8.34. The van der Waals surface area contributed by atoms with Crippen LogP contribution in [0.5, 0.6) is 0 Å². The van der Waals surface area contributed by atoms with Crippen LogP contribution in [-0.2, 0) is 0 Å². The molecule has 0 aliphatic rings. The van der Waals surface area contributed by atoms with E-state index < -0.39 is 10.8 Å². The van der Waals surface area contributed by atoms with E-state index in [9.17, 15) is 14.9 Å². The molecule has 3 aromatic rings. The summed E-state index contributed by atoms with van der Waals surface area (Å²) in [5.74, 6) is -0.411. The molecule has 0 saturated heterocycles. The third kappa shape index (κ3) is 3.57. The van der Waals surface area contributed by atoms with Crippen LogP contribution in [0.3, 0.4) is 0 Å². The highest BCUT2D eigenvalue weighted by Gasteiger charge is 2.20. The fourth-order valence-corrected chi connectivity index (χ4v) is 3.00. The van der Waals surface area contributed by atoms with Crippen molar-refractivity contribution in [3.63, 3.8) is 0 Å². The number of primary amides is 1. The third-order valence-corrected chi connectivity index (χ3v) is 4.70. The molecule has 132 valence electrons. The Balaban J connectivity index is 1.90. The fraction of sp³-hybridized carbons (Fsp3) is 0.118. The smallest absolute Gasteiger partial charge is 0.284 e. The maximum atomic E-state index is 11.3. The minimum absolute atomic E-state index is 0.0578. The number of nitrogens with zero attached hydrogens (tertiary/aromatic N) is 3. The van der Waals surface area contributed by atoms with Crippen molar-refractivity contribution in [2.75, 3.05) is 0 Å². The van der Waals surface area contributed by atoms with E-state index in [-0.39, 0.29) is 21.4 Å². The van der Waals surface area contributed by atoms with Gasteiger partial charge in [0.2, 0.25) is 11.8 Å². The molecule has 1 amide bonds. The molecule has 0 atom stereocenters. The van der Waals surface area contributed by atoms with Crippen LogP contribution in [0.15, 0.2) is 50.9 Å². The van der Waals surface area contributed by atoms with Crippen molar-refractivity contribution >= 4 is 23.4 Å². The summed E-state index contributed by atoms with van der Waals surface area (Å²) < 4.78 is 5.61. The van der Waals surface area contributed by atoms with E-state index in [4.69, 9.17) is 10.2 Å². The summed E-state index contributed by atoms with van der Waals surface area (Å²) >= 11 is 0.952. The van der Waals surface area contributed by atoms with Crippen molar-refractivity contribution in [2.45, 2.75) is 24.0 Å². The van der Waals surface area contributed by atoms with Gasteiger partial charge in [0, 0.05) is 17.2 Å². The predicted molar refractivity (Wildman–Crippen MR) is 94.9 cm³/mol. The number of nitro groups is 1. The van der Waals surface area contributed by atoms with Crippen molar-refractivity contribution < 1.29 is 14.1 Å². The largest absolute Gasteiger partial charge is 0.411 e. The Bertz CT molecular complexity index is 1020. The van der Waals surface area contributed by atoms with Crippen molar-refractivity contribution in [3.05, 3.63) is 63.2 Å². The lowest BCUT2D eigenvalue weighted by molar-refractivity contribution is -0.387. The summed E-state index contributed by atoms with van der Waals surface area (Å²) in [6.45, 7) is 3.98. The quantitative estimate of drug-likeness (QED) is 0.538. The molecule has 1 aromatic heterocycles. The van der Waals surface area contributed by atoms with Gasteiger partial charge in [-0.1, -0.05) is 6.07 Å². The summed E-state index contributed by atoms with van der Waals surface area (Å²) in [6.07, 6.45) is 0. The van der Waals surface area contributed by atoms with Crippen molar-refractivity contribution in [3.8, 4) is 11.5 Å². The van der Waals surface area contributed by atoms with E-state index in [2.05, 4.69) is 10.2 Å². The molecule has 0 aliphatic carbocycles. The van der Waals surface area contributed by atoms with E-state index in [1.165, 1.54) is 12.1 Å². The van der Waals surface area contributed by atoms with Gasteiger partial charge in [0.25, 0.3) is 10.9 Å². The Morgan fingerprint density at radius 3 is 2.58 bits per heavy atom. The fourth-order valence-electron chi connectivity index (χ4n) is 2.24. The van der Waals surface area contributed by atoms with Gasteiger partial charge in [0.1, 0.15) is 0 Å². The highest BCUT2D eigenvalue weighted by Crippen LogP contribution is 2.35. The van der Waals surface area contributed by atoms with Crippen LogP contribution in [0, 0.1) is 24.0 Å². The number of carbonyl (C=O) groups excluding carboxylic acids is 1. The molecule has 9 heteroatoms. The first-order chi connectivity index (χ1) is 12.3. The SMILES string of the molecule is Cc1ccc(-c2nnc(Sc3ccc(C(N)=O)cc3[N+](=O)[O-])o2)cc1C. The summed E-state index contributed by atoms with van der Waals surface area (Å²) in [5, 5.41) is 19.3. The van der Waals surface area contributed by atoms with Crippen LogP contribution >= 0.6 is 11.8 Å². The molecule has 26 heavy (non-hydrogen) atoms. The van der Waals surface area contributed by atoms with Crippen LogP contribution in [0.1, 0.15) is 21.5 Å². The van der Waals surface area contributed by atoms with Crippen molar-refractivity contribution in [1.82, 2.24) is 10.2 Å². The molecule has 0 fully saturated rings. The average Bonchev–Trinajstić information content (AvgIpc) is 3.05. The number of hydrogen-bond acceptors (Lipinski definition) is 7. The maximum Gasteiger partial charge on any atom is 0.284 e. The van der Waals surface area contributed by atoms with E-state index in [1.54, 1.807) is 0 Å². The lowest BCUT2D eigenvalue weighted by Gasteiger charge is -2.02. The third-order valence-electron chi connectivity index (χ3n) is 3.80. The first-order valence-electron chi connectivity index (χ1n) is 7.52. The lowest BCUT2D eigenvalue weighted by atomic mass is 10.1. The summed E-state index contributed by atoms with van der Waals surface area (Å²) in [4.78, 5) is 22.2. The molecule has 0 saturated carbocycles. The highest BCUT2D eigenvalue weighted by atomic mass is 32.2. The summed E-state index contributed by atoms with van der Waals surface area (Å²) in [6, 6.07) is 9.73. The molecule has 1 heterocycles. The molecule has 2 N–H and O–H groups in total. The lowest BCUT2D eigenvalue weighted by Crippen LogP contribution is -2.11. The molecule has 8 nitrogen and oxygen atoms in total. The Kier molecular flexibility index (Phi) is 4.72. The van der Waals surface area contributed by atoms with Crippen LogP contribution in [-0.4, -0.2) is 21.0 Å². The maximum absolute atomic E-state index is 11.3. The number of hydrogen-bond donors (Lipinski definition) is 1. The number of amides is 1.